The number of likely N-dealkylation sites (N-methyl/N-ethyl adjacent to an activating group) is 1. The minimum atomic E-state index is 0.297. The molecule has 1 aromatic rings. The summed E-state index contributed by atoms with van der Waals surface area (Å²) in [6.07, 6.45) is 2.54. The first-order chi connectivity index (χ1) is 9.33. The SMILES string of the molecule is CCCN1CCOC(C(Cc2ccccc2)NC)C1. The summed E-state index contributed by atoms with van der Waals surface area (Å²) in [4.78, 5) is 2.52. The van der Waals surface area contributed by atoms with Gasteiger partial charge in [0.2, 0.25) is 0 Å². The van der Waals surface area contributed by atoms with Crippen molar-refractivity contribution in [3.05, 3.63) is 35.9 Å². The summed E-state index contributed by atoms with van der Waals surface area (Å²) in [5.74, 6) is 0. The summed E-state index contributed by atoms with van der Waals surface area (Å²) in [5.41, 5.74) is 1.37. The Balaban J connectivity index is 1.93. The van der Waals surface area contributed by atoms with Gasteiger partial charge in [0.05, 0.1) is 12.7 Å². The summed E-state index contributed by atoms with van der Waals surface area (Å²) in [6.45, 7) is 6.40. The van der Waals surface area contributed by atoms with E-state index in [1.807, 2.05) is 7.05 Å². The van der Waals surface area contributed by atoms with Crippen LogP contribution < -0.4 is 5.32 Å². The summed E-state index contributed by atoms with van der Waals surface area (Å²) < 4.78 is 5.98. The molecule has 1 fully saturated rings. The lowest BCUT2D eigenvalue weighted by Gasteiger charge is -2.37. The Hall–Kier alpha value is -0.900. The number of rotatable bonds is 6. The normalized spacial score (nSPS) is 22.3. The number of hydrogen-bond donors (Lipinski definition) is 1. The Morgan fingerprint density at radius 2 is 2.16 bits per heavy atom. The van der Waals surface area contributed by atoms with Gasteiger partial charge in [0.1, 0.15) is 0 Å². The first-order valence-electron chi connectivity index (χ1n) is 7.38. The van der Waals surface area contributed by atoms with E-state index < -0.39 is 0 Å². The standard InChI is InChI=1S/C16H26N2O/c1-3-9-18-10-11-19-16(13-18)15(17-2)12-14-7-5-4-6-8-14/h4-8,15-17H,3,9-13H2,1-2H3. The van der Waals surface area contributed by atoms with Crippen LogP contribution in [-0.4, -0.2) is 50.3 Å². The van der Waals surface area contributed by atoms with E-state index in [4.69, 9.17) is 4.74 Å². The fraction of sp³-hybridized carbons (Fsp3) is 0.625. The van der Waals surface area contributed by atoms with Gasteiger partial charge in [-0.3, -0.25) is 4.90 Å². The minimum Gasteiger partial charge on any atom is -0.374 e. The van der Waals surface area contributed by atoms with Gasteiger partial charge in [-0.05, 0) is 32.0 Å². The first-order valence-corrected chi connectivity index (χ1v) is 7.38. The van der Waals surface area contributed by atoms with Crippen LogP contribution in [0.2, 0.25) is 0 Å². The number of ether oxygens (including phenoxy) is 1. The molecule has 0 aliphatic carbocycles. The molecule has 2 atom stereocenters. The van der Waals surface area contributed by atoms with Crippen LogP contribution in [0.3, 0.4) is 0 Å². The van der Waals surface area contributed by atoms with Crippen LogP contribution in [0.1, 0.15) is 18.9 Å². The van der Waals surface area contributed by atoms with E-state index in [0.29, 0.717) is 12.1 Å². The second-order valence-electron chi connectivity index (χ2n) is 5.29. The van der Waals surface area contributed by atoms with Gasteiger partial charge in [-0.25, -0.2) is 0 Å². The predicted molar refractivity (Wildman–Crippen MR) is 79.5 cm³/mol. The van der Waals surface area contributed by atoms with Gasteiger partial charge in [-0.2, -0.15) is 0 Å². The van der Waals surface area contributed by atoms with Crippen molar-refractivity contribution in [2.75, 3.05) is 33.3 Å². The summed E-state index contributed by atoms with van der Waals surface area (Å²) >= 11 is 0. The zero-order chi connectivity index (χ0) is 13.5. The molecule has 3 nitrogen and oxygen atoms in total. The first kappa shape index (κ1) is 14.5. The van der Waals surface area contributed by atoms with Crippen molar-refractivity contribution in [3.63, 3.8) is 0 Å². The topological polar surface area (TPSA) is 24.5 Å². The van der Waals surface area contributed by atoms with Crippen molar-refractivity contribution in [1.29, 1.82) is 0 Å². The molecule has 1 aliphatic heterocycles. The van der Waals surface area contributed by atoms with Crippen LogP contribution in [0.5, 0.6) is 0 Å². The Morgan fingerprint density at radius 3 is 2.84 bits per heavy atom. The van der Waals surface area contributed by atoms with Crippen LogP contribution in [-0.2, 0) is 11.2 Å². The second-order valence-corrected chi connectivity index (χ2v) is 5.29. The summed E-state index contributed by atoms with van der Waals surface area (Å²) in [5, 5.41) is 3.43. The molecular weight excluding hydrogens is 236 g/mol. The number of morpholine rings is 1. The molecule has 1 aromatic carbocycles. The molecule has 0 radical (unpaired) electrons. The minimum absolute atomic E-state index is 0.297. The number of nitrogens with zero attached hydrogens (tertiary/aromatic N) is 1. The number of benzene rings is 1. The molecular formula is C16H26N2O. The third-order valence-electron chi connectivity index (χ3n) is 3.84. The van der Waals surface area contributed by atoms with Gasteiger partial charge in [0, 0.05) is 19.1 Å². The van der Waals surface area contributed by atoms with Crippen LogP contribution in [0, 0.1) is 0 Å². The molecule has 1 N–H and O–H groups in total. The third-order valence-corrected chi connectivity index (χ3v) is 3.84. The van der Waals surface area contributed by atoms with E-state index in [1.165, 1.54) is 18.5 Å². The van der Waals surface area contributed by atoms with E-state index in [9.17, 15) is 0 Å². The summed E-state index contributed by atoms with van der Waals surface area (Å²) in [7, 11) is 2.04. The Bertz CT molecular complexity index is 353. The highest BCUT2D eigenvalue weighted by molar-refractivity contribution is 5.16. The molecule has 19 heavy (non-hydrogen) atoms. The lowest BCUT2D eigenvalue weighted by Crippen LogP contribution is -2.52. The van der Waals surface area contributed by atoms with Gasteiger partial charge in [0.25, 0.3) is 0 Å². The Kier molecular flexibility index (Phi) is 5.83. The fourth-order valence-electron chi connectivity index (χ4n) is 2.78. The van der Waals surface area contributed by atoms with Crippen molar-refractivity contribution >= 4 is 0 Å². The van der Waals surface area contributed by atoms with Crippen molar-refractivity contribution in [2.24, 2.45) is 0 Å². The van der Waals surface area contributed by atoms with Crippen LogP contribution >= 0.6 is 0 Å². The molecule has 0 bridgehead atoms. The molecule has 0 aromatic heterocycles. The fourth-order valence-corrected chi connectivity index (χ4v) is 2.78. The quantitative estimate of drug-likeness (QED) is 0.848. The largest absolute Gasteiger partial charge is 0.374 e. The molecule has 0 amide bonds. The lowest BCUT2D eigenvalue weighted by atomic mass is 10.00. The highest BCUT2D eigenvalue weighted by Crippen LogP contribution is 2.13. The molecule has 1 aliphatic rings. The predicted octanol–water partition coefficient (Wildman–Crippen LogP) is 1.93. The number of hydrogen-bond acceptors (Lipinski definition) is 3. The smallest absolute Gasteiger partial charge is 0.0858 e. The molecule has 3 heteroatoms. The van der Waals surface area contributed by atoms with E-state index in [-0.39, 0.29) is 0 Å². The van der Waals surface area contributed by atoms with Crippen molar-refractivity contribution in [2.45, 2.75) is 31.9 Å². The molecule has 0 spiro atoms. The van der Waals surface area contributed by atoms with Crippen LogP contribution in [0.15, 0.2) is 30.3 Å². The Morgan fingerprint density at radius 1 is 1.37 bits per heavy atom. The zero-order valence-corrected chi connectivity index (χ0v) is 12.1. The van der Waals surface area contributed by atoms with E-state index in [0.717, 1.165) is 26.1 Å². The molecule has 0 saturated carbocycles. The maximum Gasteiger partial charge on any atom is 0.0858 e. The third kappa shape index (κ3) is 4.30. The van der Waals surface area contributed by atoms with Crippen molar-refractivity contribution in [3.8, 4) is 0 Å². The van der Waals surface area contributed by atoms with Gasteiger partial charge >= 0.3 is 0 Å². The van der Waals surface area contributed by atoms with E-state index in [1.54, 1.807) is 0 Å². The van der Waals surface area contributed by atoms with Crippen molar-refractivity contribution < 1.29 is 4.74 Å². The summed E-state index contributed by atoms with van der Waals surface area (Å²) in [6, 6.07) is 11.0. The van der Waals surface area contributed by atoms with Crippen LogP contribution in [0.25, 0.3) is 0 Å². The van der Waals surface area contributed by atoms with Crippen LogP contribution in [0.4, 0.5) is 0 Å². The van der Waals surface area contributed by atoms with Crippen molar-refractivity contribution in [1.82, 2.24) is 10.2 Å². The maximum absolute atomic E-state index is 5.98. The average Bonchev–Trinajstić information content (AvgIpc) is 2.46. The monoisotopic (exact) mass is 262 g/mol. The molecule has 1 saturated heterocycles. The second kappa shape index (κ2) is 7.63. The number of nitrogens with one attached hydrogen (secondary N) is 1. The average molecular weight is 262 g/mol. The zero-order valence-electron chi connectivity index (χ0n) is 12.1. The molecule has 2 rings (SSSR count). The Labute approximate surface area is 116 Å². The molecule has 1 heterocycles. The molecule has 106 valence electrons. The van der Waals surface area contributed by atoms with Gasteiger partial charge in [0.15, 0.2) is 0 Å². The van der Waals surface area contributed by atoms with Gasteiger partial charge in [-0.1, -0.05) is 37.3 Å². The highest BCUT2D eigenvalue weighted by Gasteiger charge is 2.26. The highest BCUT2D eigenvalue weighted by atomic mass is 16.5. The van der Waals surface area contributed by atoms with Gasteiger partial charge < -0.3 is 10.1 Å². The molecule has 2 unspecified atom stereocenters. The maximum atomic E-state index is 5.98. The van der Waals surface area contributed by atoms with E-state index >= 15 is 0 Å². The lowest BCUT2D eigenvalue weighted by molar-refractivity contribution is -0.0450. The van der Waals surface area contributed by atoms with E-state index in [2.05, 4.69) is 47.5 Å². The van der Waals surface area contributed by atoms with Gasteiger partial charge in [-0.15, -0.1) is 0 Å².